The number of hydrogen-bond donors (Lipinski definition) is 1. The molecule has 0 aromatic rings. The van der Waals surface area contributed by atoms with E-state index in [9.17, 15) is 9.59 Å². The minimum Gasteiger partial charge on any atom is -0.456 e. The second kappa shape index (κ2) is 7.82. The average Bonchev–Trinajstić information content (AvgIpc) is 2.22. The van der Waals surface area contributed by atoms with E-state index in [1.807, 2.05) is 13.1 Å². The molecule has 112 valence electrons. The molecule has 0 radical (unpaired) electrons. The molecule has 0 saturated heterocycles. The zero-order chi connectivity index (χ0) is 15.1. The first-order valence-electron chi connectivity index (χ1n) is 6.90. The molecule has 0 rings (SSSR count). The quantitative estimate of drug-likeness (QED) is 0.232. The Morgan fingerprint density at radius 2 is 1.84 bits per heavy atom. The first kappa shape index (κ1) is 18.3. The number of unbranched alkanes of at least 4 members (excludes halogenated alkanes) is 1. The molecular formula is C14H30NO3Si+. The lowest BCUT2D eigenvalue weighted by Gasteiger charge is -2.29. The van der Waals surface area contributed by atoms with Gasteiger partial charge in [-0.2, -0.15) is 0 Å². The van der Waals surface area contributed by atoms with Gasteiger partial charge < -0.3 is 14.0 Å². The van der Waals surface area contributed by atoms with Gasteiger partial charge >= 0.3 is 5.97 Å². The third-order valence-electron chi connectivity index (χ3n) is 3.08. The van der Waals surface area contributed by atoms with Crippen LogP contribution in [0.4, 0.5) is 0 Å². The van der Waals surface area contributed by atoms with E-state index in [1.54, 1.807) is 6.92 Å². The fourth-order valence-corrected chi connectivity index (χ4v) is 2.83. The summed E-state index contributed by atoms with van der Waals surface area (Å²) in [6.07, 6.45) is 2.17. The van der Waals surface area contributed by atoms with Gasteiger partial charge in [-0.25, -0.2) is 4.79 Å². The van der Waals surface area contributed by atoms with Crippen LogP contribution in [0, 0.1) is 0 Å². The first-order valence-corrected chi connectivity index (χ1v) is 10.1. The first-order chi connectivity index (χ1) is 8.53. The van der Waals surface area contributed by atoms with Gasteiger partial charge in [0.25, 0.3) is 0 Å². The standard InChI is InChI=1S/C14H30NO3Si/c1-13(2)14(16)18-11-10-15(3,4)9-7-8-12-19(5,6)17/h17H,1,7-12H2,2-6H3/q+1. The smallest absolute Gasteiger partial charge is 0.333 e. The van der Waals surface area contributed by atoms with Gasteiger partial charge in [0.1, 0.15) is 13.2 Å². The van der Waals surface area contributed by atoms with E-state index < -0.39 is 8.32 Å². The van der Waals surface area contributed by atoms with E-state index in [-0.39, 0.29) is 5.97 Å². The second-order valence-electron chi connectivity index (χ2n) is 6.57. The Morgan fingerprint density at radius 1 is 1.26 bits per heavy atom. The summed E-state index contributed by atoms with van der Waals surface area (Å²) in [5.74, 6) is -0.312. The topological polar surface area (TPSA) is 46.5 Å². The number of carbonyl (C=O) groups is 1. The summed E-state index contributed by atoms with van der Waals surface area (Å²) in [6, 6.07) is 0.956. The lowest BCUT2D eigenvalue weighted by atomic mass is 10.3. The molecule has 0 spiro atoms. The van der Waals surface area contributed by atoms with E-state index in [4.69, 9.17) is 4.74 Å². The number of carbonyl (C=O) groups excluding carboxylic acids is 1. The van der Waals surface area contributed by atoms with E-state index in [0.29, 0.717) is 12.2 Å². The van der Waals surface area contributed by atoms with Crippen LogP contribution in [0.3, 0.4) is 0 Å². The molecule has 19 heavy (non-hydrogen) atoms. The summed E-state index contributed by atoms with van der Waals surface area (Å²) >= 11 is 0. The van der Waals surface area contributed by atoms with Crippen LogP contribution >= 0.6 is 0 Å². The van der Waals surface area contributed by atoms with E-state index in [0.717, 1.165) is 36.5 Å². The van der Waals surface area contributed by atoms with Gasteiger partial charge in [0.05, 0.1) is 20.6 Å². The molecule has 0 aromatic carbocycles. The van der Waals surface area contributed by atoms with Crippen molar-refractivity contribution in [2.24, 2.45) is 0 Å². The van der Waals surface area contributed by atoms with Crippen molar-refractivity contribution in [2.75, 3.05) is 33.8 Å². The van der Waals surface area contributed by atoms with Crippen molar-refractivity contribution in [3.63, 3.8) is 0 Å². The highest BCUT2D eigenvalue weighted by molar-refractivity contribution is 6.69. The third kappa shape index (κ3) is 10.9. The van der Waals surface area contributed by atoms with Gasteiger partial charge in [-0.05, 0) is 38.9 Å². The molecule has 0 fully saturated rings. The van der Waals surface area contributed by atoms with Gasteiger partial charge in [0.2, 0.25) is 0 Å². The van der Waals surface area contributed by atoms with Crippen molar-refractivity contribution in [3.05, 3.63) is 12.2 Å². The van der Waals surface area contributed by atoms with Gasteiger partial charge in [0, 0.05) is 5.57 Å². The summed E-state index contributed by atoms with van der Waals surface area (Å²) in [7, 11) is 2.38. The normalized spacial score (nSPS) is 12.3. The Balaban J connectivity index is 3.80. The van der Waals surface area contributed by atoms with Crippen LogP contribution in [-0.4, -0.2) is 57.4 Å². The van der Waals surface area contributed by atoms with Crippen molar-refractivity contribution in [2.45, 2.75) is 38.9 Å². The Labute approximate surface area is 118 Å². The van der Waals surface area contributed by atoms with Crippen LogP contribution in [0.25, 0.3) is 0 Å². The number of likely N-dealkylation sites (N-methyl/N-ethyl adjacent to an activating group) is 1. The number of rotatable bonds is 9. The monoisotopic (exact) mass is 288 g/mol. The van der Waals surface area contributed by atoms with Crippen LogP contribution in [0.2, 0.25) is 19.1 Å². The molecule has 5 heteroatoms. The molecule has 0 aliphatic rings. The average molecular weight is 288 g/mol. The molecule has 0 unspecified atom stereocenters. The Bertz CT molecular complexity index is 308. The van der Waals surface area contributed by atoms with Crippen molar-refractivity contribution < 1.29 is 18.8 Å². The minimum absolute atomic E-state index is 0.312. The van der Waals surface area contributed by atoms with E-state index in [2.05, 4.69) is 20.7 Å². The molecule has 0 atom stereocenters. The van der Waals surface area contributed by atoms with E-state index >= 15 is 0 Å². The van der Waals surface area contributed by atoms with Crippen molar-refractivity contribution in [3.8, 4) is 0 Å². The number of nitrogens with zero attached hydrogens (tertiary/aromatic N) is 1. The van der Waals surface area contributed by atoms with Crippen LogP contribution in [0.1, 0.15) is 19.8 Å². The van der Waals surface area contributed by atoms with Crippen molar-refractivity contribution >= 4 is 14.3 Å². The number of ether oxygens (including phenoxy) is 1. The molecule has 0 aliphatic carbocycles. The Kier molecular flexibility index (Phi) is 7.55. The van der Waals surface area contributed by atoms with Crippen molar-refractivity contribution in [1.82, 2.24) is 0 Å². The Hall–Kier alpha value is -0.653. The molecule has 1 N–H and O–H groups in total. The molecule has 4 nitrogen and oxygen atoms in total. The summed E-state index contributed by atoms with van der Waals surface area (Å²) in [5.41, 5.74) is 0.445. The van der Waals surface area contributed by atoms with Gasteiger partial charge in [-0.15, -0.1) is 0 Å². The van der Waals surface area contributed by atoms with Crippen LogP contribution < -0.4 is 0 Å². The lowest BCUT2D eigenvalue weighted by molar-refractivity contribution is -0.890. The number of quaternary nitrogens is 1. The van der Waals surface area contributed by atoms with E-state index in [1.165, 1.54) is 0 Å². The van der Waals surface area contributed by atoms with Gasteiger partial charge in [0.15, 0.2) is 8.32 Å². The highest BCUT2D eigenvalue weighted by Crippen LogP contribution is 2.11. The third-order valence-corrected chi connectivity index (χ3v) is 4.66. The summed E-state index contributed by atoms with van der Waals surface area (Å²) < 4.78 is 5.94. The summed E-state index contributed by atoms with van der Waals surface area (Å²) in [5, 5.41) is 0. The van der Waals surface area contributed by atoms with Crippen LogP contribution in [0.5, 0.6) is 0 Å². The fourth-order valence-electron chi connectivity index (χ4n) is 1.72. The number of esters is 1. The maximum atomic E-state index is 11.2. The van der Waals surface area contributed by atoms with Crippen molar-refractivity contribution in [1.29, 1.82) is 0 Å². The highest BCUT2D eigenvalue weighted by atomic mass is 28.4. The molecule has 0 saturated carbocycles. The predicted octanol–water partition coefficient (Wildman–Crippen LogP) is 2.16. The minimum atomic E-state index is -1.89. The molecular weight excluding hydrogens is 258 g/mol. The number of hydrogen-bond acceptors (Lipinski definition) is 3. The molecule has 0 aliphatic heterocycles. The maximum Gasteiger partial charge on any atom is 0.333 e. The fraction of sp³-hybridized carbons (Fsp3) is 0.786. The zero-order valence-corrected chi connectivity index (χ0v) is 14.2. The molecule has 0 bridgehead atoms. The zero-order valence-electron chi connectivity index (χ0n) is 13.2. The molecule has 0 heterocycles. The molecule has 0 amide bonds. The highest BCUT2D eigenvalue weighted by Gasteiger charge is 2.19. The summed E-state index contributed by atoms with van der Waals surface area (Å²) in [4.78, 5) is 21.0. The summed E-state index contributed by atoms with van der Waals surface area (Å²) in [6.45, 7) is 11.4. The van der Waals surface area contributed by atoms with Crippen LogP contribution in [0.15, 0.2) is 12.2 Å². The second-order valence-corrected chi connectivity index (χ2v) is 10.7. The largest absolute Gasteiger partial charge is 0.456 e. The predicted molar refractivity (Wildman–Crippen MR) is 81.4 cm³/mol. The van der Waals surface area contributed by atoms with Crippen LogP contribution in [-0.2, 0) is 9.53 Å². The molecule has 0 aromatic heterocycles. The maximum absolute atomic E-state index is 11.2. The van der Waals surface area contributed by atoms with Gasteiger partial charge in [-0.3, -0.25) is 0 Å². The lowest BCUT2D eigenvalue weighted by Crippen LogP contribution is -2.43. The Morgan fingerprint density at radius 3 is 2.32 bits per heavy atom. The SMILES string of the molecule is C=C(C)C(=O)OCC[N+](C)(C)CCCC[Si](C)(C)O. The van der Waals surface area contributed by atoms with Gasteiger partial charge in [-0.1, -0.05) is 6.58 Å².